The zero-order chi connectivity index (χ0) is 14.8. The van der Waals surface area contributed by atoms with E-state index in [1.54, 1.807) is 0 Å². The van der Waals surface area contributed by atoms with Gasteiger partial charge in [0.2, 0.25) is 0 Å². The molecule has 0 aliphatic heterocycles. The van der Waals surface area contributed by atoms with Gasteiger partial charge in [0.1, 0.15) is 11.5 Å². The summed E-state index contributed by atoms with van der Waals surface area (Å²) in [7, 11) is 0. The molecule has 0 fully saturated rings. The van der Waals surface area contributed by atoms with Crippen molar-refractivity contribution in [2.45, 2.75) is 52.5 Å². The summed E-state index contributed by atoms with van der Waals surface area (Å²) in [6, 6.07) is 7.84. The summed E-state index contributed by atoms with van der Waals surface area (Å²) in [6.07, 6.45) is 3.47. The highest BCUT2D eigenvalue weighted by atomic mass is 16.5. The highest BCUT2D eigenvalue weighted by molar-refractivity contribution is 5.32. The van der Waals surface area contributed by atoms with Crippen LogP contribution in [0.5, 0.6) is 11.5 Å². The Morgan fingerprint density at radius 3 is 2.35 bits per heavy atom. The summed E-state index contributed by atoms with van der Waals surface area (Å²) < 4.78 is 11.2. The molecule has 1 N–H and O–H groups in total. The second-order valence-corrected chi connectivity index (χ2v) is 5.99. The molecular formula is C17H29NO2. The summed E-state index contributed by atoms with van der Waals surface area (Å²) in [5.41, 5.74) is 0.218. The van der Waals surface area contributed by atoms with Gasteiger partial charge in [-0.05, 0) is 65.6 Å². The van der Waals surface area contributed by atoms with Crippen LogP contribution in [0.4, 0.5) is 0 Å². The summed E-state index contributed by atoms with van der Waals surface area (Å²) in [4.78, 5) is 0. The van der Waals surface area contributed by atoms with E-state index in [0.29, 0.717) is 6.61 Å². The minimum absolute atomic E-state index is 0.218. The third-order valence-corrected chi connectivity index (χ3v) is 2.86. The predicted octanol–water partition coefficient (Wildman–Crippen LogP) is 4.02. The molecular weight excluding hydrogens is 250 g/mol. The standard InChI is InChI=1S/C17H29NO2/c1-5-19-15-10-9-11-16(14-15)20-13-8-6-7-12-18-17(2,3)4/h9-11,14,18H,5-8,12-13H2,1-4H3. The molecule has 1 aromatic rings. The van der Waals surface area contributed by atoms with Crippen molar-refractivity contribution in [3.63, 3.8) is 0 Å². The van der Waals surface area contributed by atoms with Gasteiger partial charge in [0, 0.05) is 11.6 Å². The molecule has 1 rings (SSSR count). The smallest absolute Gasteiger partial charge is 0.122 e. The molecule has 0 atom stereocenters. The molecule has 20 heavy (non-hydrogen) atoms. The van der Waals surface area contributed by atoms with Gasteiger partial charge in [-0.25, -0.2) is 0 Å². The fraction of sp³-hybridized carbons (Fsp3) is 0.647. The first kappa shape index (κ1) is 16.8. The zero-order valence-electron chi connectivity index (χ0n) is 13.4. The van der Waals surface area contributed by atoms with Gasteiger partial charge in [0.15, 0.2) is 0 Å². The number of benzene rings is 1. The van der Waals surface area contributed by atoms with Gasteiger partial charge in [0.25, 0.3) is 0 Å². The molecule has 0 aliphatic carbocycles. The Bertz CT molecular complexity index is 371. The lowest BCUT2D eigenvalue weighted by Crippen LogP contribution is -2.36. The van der Waals surface area contributed by atoms with E-state index in [-0.39, 0.29) is 5.54 Å². The van der Waals surface area contributed by atoms with Crippen LogP contribution in [0, 0.1) is 0 Å². The second kappa shape index (κ2) is 8.85. The van der Waals surface area contributed by atoms with Crippen LogP contribution in [-0.4, -0.2) is 25.3 Å². The van der Waals surface area contributed by atoms with Crippen molar-refractivity contribution >= 4 is 0 Å². The normalized spacial score (nSPS) is 11.4. The Kier molecular flexibility index (Phi) is 7.45. The number of rotatable bonds is 9. The van der Waals surface area contributed by atoms with Crippen LogP contribution in [0.25, 0.3) is 0 Å². The van der Waals surface area contributed by atoms with Crippen molar-refractivity contribution in [2.75, 3.05) is 19.8 Å². The van der Waals surface area contributed by atoms with E-state index < -0.39 is 0 Å². The van der Waals surface area contributed by atoms with Gasteiger partial charge >= 0.3 is 0 Å². The van der Waals surface area contributed by atoms with Crippen molar-refractivity contribution in [2.24, 2.45) is 0 Å². The predicted molar refractivity (Wildman–Crippen MR) is 84.7 cm³/mol. The largest absolute Gasteiger partial charge is 0.494 e. The van der Waals surface area contributed by atoms with Crippen molar-refractivity contribution in [1.82, 2.24) is 5.32 Å². The van der Waals surface area contributed by atoms with Crippen LogP contribution in [0.2, 0.25) is 0 Å². The topological polar surface area (TPSA) is 30.5 Å². The SMILES string of the molecule is CCOc1cccc(OCCCCCNC(C)(C)C)c1. The molecule has 0 amide bonds. The third kappa shape index (κ3) is 8.05. The van der Waals surface area contributed by atoms with Gasteiger partial charge in [-0.1, -0.05) is 6.07 Å². The van der Waals surface area contributed by atoms with Gasteiger partial charge in [-0.2, -0.15) is 0 Å². The lowest BCUT2D eigenvalue weighted by atomic mass is 10.1. The molecule has 1 aromatic carbocycles. The number of hydrogen-bond donors (Lipinski definition) is 1. The Labute approximate surface area is 123 Å². The molecule has 3 nitrogen and oxygen atoms in total. The average molecular weight is 279 g/mol. The third-order valence-electron chi connectivity index (χ3n) is 2.86. The summed E-state index contributed by atoms with van der Waals surface area (Å²) in [6.45, 7) is 11.1. The fourth-order valence-electron chi connectivity index (χ4n) is 1.88. The van der Waals surface area contributed by atoms with Crippen LogP contribution < -0.4 is 14.8 Å². The molecule has 0 spiro atoms. The maximum absolute atomic E-state index is 5.74. The van der Waals surface area contributed by atoms with Crippen LogP contribution in [0.1, 0.15) is 47.0 Å². The van der Waals surface area contributed by atoms with E-state index in [1.807, 2.05) is 31.2 Å². The molecule has 0 saturated carbocycles. The van der Waals surface area contributed by atoms with Crippen LogP contribution in [-0.2, 0) is 0 Å². The van der Waals surface area contributed by atoms with Crippen molar-refractivity contribution in [3.8, 4) is 11.5 Å². The van der Waals surface area contributed by atoms with E-state index in [1.165, 1.54) is 12.8 Å². The van der Waals surface area contributed by atoms with E-state index in [4.69, 9.17) is 9.47 Å². The highest BCUT2D eigenvalue weighted by Gasteiger charge is 2.06. The Balaban J connectivity index is 2.10. The Morgan fingerprint density at radius 1 is 1.00 bits per heavy atom. The van der Waals surface area contributed by atoms with Crippen LogP contribution in [0.15, 0.2) is 24.3 Å². The molecule has 0 heterocycles. The van der Waals surface area contributed by atoms with E-state index in [0.717, 1.165) is 31.1 Å². The number of nitrogens with one attached hydrogen (secondary N) is 1. The maximum Gasteiger partial charge on any atom is 0.122 e. The Morgan fingerprint density at radius 2 is 1.70 bits per heavy atom. The second-order valence-electron chi connectivity index (χ2n) is 5.99. The quantitative estimate of drug-likeness (QED) is 0.692. The van der Waals surface area contributed by atoms with Gasteiger partial charge in [0.05, 0.1) is 13.2 Å². The summed E-state index contributed by atoms with van der Waals surface area (Å²) in [5, 5.41) is 3.49. The maximum atomic E-state index is 5.74. The molecule has 114 valence electrons. The van der Waals surface area contributed by atoms with Crippen molar-refractivity contribution < 1.29 is 9.47 Å². The molecule has 0 unspecified atom stereocenters. The lowest BCUT2D eigenvalue weighted by molar-refractivity contribution is 0.297. The fourth-order valence-corrected chi connectivity index (χ4v) is 1.88. The lowest BCUT2D eigenvalue weighted by Gasteiger charge is -2.20. The first-order valence-electron chi connectivity index (χ1n) is 7.62. The molecule has 0 saturated heterocycles. The molecule has 3 heteroatoms. The number of hydrogen-bond acceptors (Lipinski definition) is 3. The van der Waals surface area contributed by atoms with Crippen LogP contribution >= 0.6 is 0 Å². The summed E-state index contributed by atoms with van der Waals surface area (Å²) in [5.74, 6) is 1.77. The molecule has 0 bridgehead atoms. The minimum atomic E-state index is 0.218. The van der Waals surface area contributed by atoms with Gasteiger partial charge in [-0.15, -0.1) is 0 Å². The van der Waals surface area contributed by atoms with E-state index >= 15 is 0 Å². The molecule has 0 aliphatic rings. The van der Waals surface area contributed by atoms with Crippen molar-refractivity contribution in [3.05, 3.63) is 24.3 Å². The monoisotopic (exact) mass is 279 g/mol. The number of ether oxygens (including phenoxy) is 2. The van der Waals surface area contributed by atoms with Crippen LogP contribution in [0.3, 0.4) is 0 Å². The first-order valence-corrected chi connectivity index (χ1v) is 7.62. The zero-order valence-corrected chi connectivity index (χ0v) is 13.4. The highest BCUT2D eigenvalue weighted by Crippen LogP contribution is 2.19. The summed E-state index contributed by atoms with van der Waals surface area (Å²) >= 11 is 0. The average Bonchev–Trinajstić information content (AvgIpc) is 2.37. The minimum Gasteiger partial charge on any atom is -0.494 e. The first-order chi connectivity index (χ1) is 9.51. The molecule has 0 aromatic heterocycles. The van der Waals surface area contributed by atoms with Gasteiger partial charge < -0.3 is 14.8 Å². The molecule has 0 radical (unpaired) electrons. The Hall–Kier alpha value is -1.22. The van der Waals surface area contributed by atoms with Crippen molar-refractivity contribution in [1.29, 1.82) is 0 Å². The number of unbranched alkanes of at least 4 members (excludes halogenated alkanes) is 2. The van der Waals surface area contributed by atoms with E-state index in [9.17, 15) is 0 Å². The van der Waals surface area contributed by atoms with Gasteiger partial charge in [-0.3, -0.25) is 0 Å². The van der Waals surface area contributed by atoms with E-state index in [2.05, 4.69) is 26.1 Å².